The topological polar surface area (TPSA) is 109 Å². The Balaban J connectivity index is 2.00. The fraction of sp³-hybridized carbons (Fsp3) is 0.600. The van der Waals surface area contributed by atoms with Crippen LogP contribution in [0.4, 0.5) is 9.93 Å². The van der Waals surface area contributed by atoms with Gasteiger partial charge in [-0.2, -0.15) is 0 Å². The molecule has 0 radical (unpaired) electrons. The molecular weight excluding hydrogens is 334 g/mol. The minimum absolute atomic E-state index is 0.188. The SMILES string of the molecule is CCOC(=O)C(C)(C)c1csc(NC(=O)N2CCC(C(=O)O)C2)n1. The van der Waals surface area contributed by atoms with E-state index < -0.39 is 17.3 Å². The van der Waals surface area contributed by atoms with Gasteiger partial charge < -0.3 is 14.7 Å². The highest BCUT2D eigenvalue weighted by molar-refractivity contribution is 7.14. The van der Waals surface area contributed by atoms with E-state index in [0.29, 0.717) is 23.8 Å². The lowest BCUT2D eigenvalue weighted by atomic mass is 9.90. The van der Waals surface area contributed by atoms with Crippen molar-refractivity contribution in [3.63, 3.8) is 0 Å². The number of carbonyl (C=O) groups is 3. The van der Waals surface area contributed by atoms with Crippen LogP contribution in [0.2, 0.25) is 0 Å². The molecule has 24 heavy (non-hydrogen) atoms. The zero-order valence-corrected chi connectivity index (χ0v) is 14.7. The number of carboxylic acid groups (broad SMARTS) is 1. The number of nitrogens with zero attached hydrogens (tertiary/aromatic N) is 2. The van der Waals surface area contributed by atoms with Gasteiger partial charge in [-0.3, -0.25) is 14.9 Å². The number of likely N-dealkylation sites (tertiary alicyclic amines) is 1. The number of aromatic nitrogens is 1. The van der Waals surface area contributed by atoms with Crippen molar-refractivity contribution in [2.45, 2.75) is 32.6 Å². The van der Waals surface area contributed by atoms with E-state index in [1.54, 1.807) is 26.2 Å². The summed E-state index contributed by atoms with van der Waals surface area (Å²) in [6, 6.07) is -0.381. The molecule has 1 aromatic heterocycles. The summed E-state index contributed by atoms with van der Waals surface area (Å²) in [5.41, 5.74) is -0.386. The van der Waals surface area contributed by atoms with Crippen LogP contribution in [0.3, 0.4) is 0 Å². The fourth-order valence-corrected chi connectivity index (χ4v) is 3.22. The van der Waals surface area contributed by atoms with Crippen molar-refractivity contribution in [1.82, 2.24) is 9.88 Å². The quantitative estimate of drug-likeness (QED) is 0.781. The van der Waals surface area contributed by atoms with Gasteiger partial charge in [0.1, 0.15) is 5.41 Å². The molecule has 2 N–H and O–H groups in total. The number of aliphatic carboxylic acids is 1. The molecule has 9 heteroatoms. The molecule has 1 atom stereocenters. The molecule has 132 valence electrons. The molecule has 0 bridgehead atoms. The van der Waals surface area contributed by atoms with Gasteiger partial charge >= 0.3 is 18.0 Å². The predicted molar refractivity (Wildman–Crippen MR) is 88.1 cm³/mol. The summed E-state index contributed by atoms with van der Waals surface area (Å²) in [6.45, 7) is 6.03. The van der Waals surface area contributed by atoms with Crippen molar-refractivity contribution in [2.24, 2.45) is 5.92 Å². The van der Waals surface area contributed by atoms with Crippen LogP contribution in [-0.4, -0.2) is 52.7 Å². The van der Waals surface area contributed by atoms with E-state index in [9.17, 15) is 14.4 Å². The van der Waals surface area contributed by atoms with Crippen molar-refractivity contribution in [3.8, 4) is 0 Å². The van der Waals surface area contributed by atoms with Gasteiger partial charge in [0, 0.05) is 18.5 Å². The van der Waals surface area contributed by atoms with Crippen LogP contribution >= 0.6 is 11.3 Å². The van der Waals surface area contributed by atoms with Crippen LogP contribution < -0.4 is 5.32 Å². The first-order valence-corrected chi connectivity index (χ1v) is 8.55. The lowest BCUT2D eigenvalue weighted by Gasteiger charge is -2.19. The van der Waals surface area contributed by atoms with Gasteiger partial charge in [-0.05, 0) is 27.2 Å². The Kier molecular flexibility index (Phi) is 5.43. The second-order valence-electron chi connectivity index (χ2n) is 6.08. The van der Waals surface area contributed by atoms with E-state index in [2.05, 4.69) is 10.3 Å². The van der Waals surface area contributed by atoms with Crippen molar-refractivity contribution >= 4 is 34.4 Å². The molecule has 1 aliphatic rings. The Morgan fingerprint density at radius 3 is 2.79 bits per heavy atom. The number of thiazole rings is 1. The molecule has 2 rings (SSSR count). The maximum Gasteiger partial charge on any atom is 0.323 e. The number of esters is 1. The highest BCUT2D eigenvalue weighted by atomic mass is 32.1. The lowest BCUT2D eigenvalue weighted by Crippen LogP contribution is -2.34. The Labute approximate surface area is 143 Å². The van der Waals surface area contributed by atoms with Crippen molar-refractivity contribution in [2.75, 3.05) is 25.0 Å². The molecule has 2 heterocycles. The van der Waals surface area contributed by atoms with Crippen LogP contribution in [0.1, 0.15) is 32.9 Å². The molecule has 1 aliphatic heterocycles. The average Bonchev–Trinajstić information content (AvgIpc) is 3.16. The second-order valence-corrected chi connectivity index (χ2v) is 6.94. The number of carbonyl (C=O) groups excluding carboxylic acids is 2. The summed E-state index contributed by atoms with van der Waals surface area (Å²) in [4.78, 5) is 40.9. The Bertz CT molecular complexity index is 643. The highest BCUT2D eigenvalue weighted by Crippen LogP contribution is 2.29. The maximum absolute atomic E-state index is 12.2. The molecule has 1 aromatic rings. The third-order valence-electron chi connectivity index (χ3n) is 3.97. The Hall–Kier alpha value is -2.16. The standard InChI is InChI=1S/C15H21N3O5S/c1-4-23-12(21)15(2,3)10-8-24-13(16-10)17-14(22)18-6-5-9(7-18)11(19)20/h8-9H,4-7H2,1-3H3,(H,19,20)(H,16,17,22). The Morgan fingerprint density at radius 2 is 2.21 bits per heavy atom. The molecular formula is C15H21N3O5S. The smallest absolute Gasteiger partial charge is 0.323 e. The number of hydrogen-bond acceptors (Lipinski definition) is 6. The summed E-state index contributed by atoms with van der Waals surface area (Å²) in [5.74, 6) is -1.79. The van der Waals surface area contributed by atoms with E-state index >= 15 is 0 Å². The van der Waals surface area contributed by atoms with Gasteiger partial charge in [-0.15, -0.1) is 11.3 Å². The number of rotatable bonds is 5. The molecule has 1 unspecified atom stereocenters. The van der Waals surface area contributed by atoms with Crippen LogP contribution in [-0.2, 0) is 19.7 Å². The molecule has 0 saturated carbocycles. The monoisotopic (exact) mass is 355 g/mol. The van der Waals surface area contributed by atoms with E-state index in [-0.39, 0.29) is 25.2 Å². The van der Waals surface area contributed by atoms with Crippen molar-refractivity contribution in [3.05, 3.63) is 11.1 Å². The summed E-state index contributed by atoms with van der Waals surface area (Å²) in [5, 5.41) is 13.7. The number of anilines is 1. The largest absolute Gasteiger partial charge is 0.481 e. The molecule has 0 aliphatic carbocycles. The predicted octanol–water partition coefficient (Wildman–Crippen LogP) is 1.92. The van der Waals surface area contributed by atoms with E-state index in [0.717, 1.165) is 0 Å². The summed E-state index contributed by atoms with van der Waals surface area (Å²) in [7, 11) is 0. The van der Waals surface area contributed by atoms with E-state index in [1.807, 2.05) is 0 Å². The minimum atomic E-state index is -0.905. The average molecular weight is 355 g/mol. The Morgan fingerprint density at radius 1 is 1.50 bits per heavy atom. The maximum atomic E-state index is 12.2. The first-order valence-electron chi connectivity index (χ1n) is 7.67. The van der Waals surface area contributed by atoms with Gasteiger partial charge in [0.05, 0.1) is 18.2 Å². The van der Waals surface area contributed by atoms with Gasteiger partial charge in [0.2, 0.25) is 0 Å². The zero-order valence-electron chi connectivity index (χ0n) is 13.9. The molecule has 1 fully saturated rings. The summed E-state index contributed by atoms with van der Waals surface area (Å²) >= 11 is 1.21. The third-order valence-corrected chi connectivity index (χ3v) is 4.73. The van der Waals surface area contributed by atoms with Crippen LogP contribution in [0.15, 0.2) is 5.38 Å². The lowest BCUT2D eigenvalue weighted by molar-refractivity contribution is -0.149. The van der Waals surface area contributed by atoms with Crippen molar-refractivity contribution < 1.29 is 24.2 Å². The third kappa shape index (κ3) is 3.84. The van der Waals surface area contributed by atoms with Gasteiger partial charge in [-0.25, -0.2) is 9.78 Å². The zero-order chi connectivity index (χ0) is 17.9. The number of ether oxygens (including phenoxy) is 1. The van der Waals surface area contributed by atoms with Crippen LogP contribution in [0, 0.1) is 5.92 Å². The first kappa shape index (κ1) is 18.2. The summed E-state index contributed by atoms with van der Waals surface area (Å²) in [6.07, 6.45) is 0.446. The molecule has 0 spiro atoms. The number of carboxylic acids is 1. The van der Waals surface area contributed by atoms with Gasteiger partial charge in [0.15, 0.2) is 5.13 Å². The summed E-state index contributed by atoms with van der Waals surface area (Å²) < 4.78 is 5.04. The van der Waals surface area contributed by atoms with Gasteiger partial charge in [-0.1, -0.05) is 0 Å². The number of hydrogen-bond donors (Lipinski definition) is 2. The molecule has 8 nitrogen and oxygen atoms in total. The van der Waals surface area contributed by atoms with Crippen LogP contribution in [0.5, 0.6) is 0 Å². The van der Waals surface area contributed by atoms with E-state index in [1.165, 1.54) is 16.2 Å². The first-order chi connectivity index (χ1) is 11.3. The van der Waals surface area contributed by atoms with E-state index in [4.69, 9.17) is 9.84 Å². The molecule has 1 saturated heterocycles. The van der Waals surface area contributed by atoms with Crippen molar-refractivity contribution in [1.29, 1.82) is 0 Å². The normalized spacial score (nSPS) is 17.6. The van der Waals surface area contributed by atoms with Gasteiger partial charge in [0.25, 0.3) is 0 Å². The number of amides is 2. The number of urea groups is 1. The minimum Gasteiger partial charge on any atom is -0.481 e. The molecule has 2 amide bonds. The highest BCUT2D eigenvalue weighted by Gasteiger charge is 2.35. The van der Waals surface area contributed by atoms with Crippen LogP contribution in [0.25, 0.3) is 0 Å². The molecule has 0 aromatic carbocycles. The second kappa shape index (κ2) is 7.16. The number of nitrogens with one attached hydrogen (secondary N) is 1. The fourth-order valence-electron chi connectivity index (χ4n) is 2.35.